The Kier molecular flexibility index (Phi) is 7.67. The third kappa shape index (κ3) is 5.74. The SMILES string of the molecule is CCc1cccc(CC)c1NC(=O)C(=O)NCCOc1ccc(OC)cc1. The minimum atomic E-state index is -0.679. The molecule has 2 N–H and O–H groups in total. The van der Waals surface area contributed by atoms with Gasteiger partial charge in [-0.15, -0.1) is 0 Å². The van der Waals surface area contributed by atoms with E-state index in [4.69, 9.17) is 9.47 Å². The Labute approximate surface area is 159 Å². The van der Waals surface area contributed by atoms with E-state index in [1.54, 1.807) is 31.4 Å². The van der Waals surface area contributed by atoms with Crippen LogP contribution in [0.2, 0.25) is 0 Å². The number of hydrogen-bond donors (Lipinski definition) is 2. The van der Waals surface area contributed by atoms with Crippen LogP contribution >= 0.6 is 0 Å². The Morgan fingerprint density at radius 1 is 0.889 bits per heavy atom. The Morgan fingerprint density at radius 3 is 2.04 bits per heavy atom. The van der Waals surface area contributed by atoms with Crippen LogP contribution in [0.25, 0.3) is 0 Å². The maximum absolute atomic E-state index is 12.2. The molecule has 0 aliphatic carbocycles. The number of benzene rings is 2. The van der Waals surface area contributed by atoms with Gasteiger partial charge in [0.2, 0.25) is 0 Å². The van der Waals surface area contributed by atoms with Crippen molar-refractivity contribution in [3.05, 3.63) is 53.6 Å². The van der Waals surface area contributed by atoms with Crippen LogP contribution in [0.15, 0.2) is 42.5 Å². The van der Waals surface area contributed by atoms with Gasteiger partial charge in [0.05, 0.1) is 13.7 Å². The quantitative estimate of drug-likeness (QED) is 0.553. The molecule has 0 aliphatic heterocycles. The molecule has 0 unspecified atom stereocenters. The molecule has 2 aromatic carbocycles. The summed E-state index contributed by atoms with van der Waals surface area (Å²) >= 11 is 0. The molecule has 0 saturated carbocycles. The average Bonchev–Trinajstić information content (AvgIpc) is 2.71. The second kappa shape index (κ2) is 10.2. The number of nitrogens with one attached hydrogen (secondary N) is 2. The molecule has 144 valence electrons. The minimum Gasteiger partial charge on any atom is -0.497 e. The summed E-state index contributed by atoms with van der Waals surface area (Å²) in [7, 11) is 1.60. The maximum Gasteiger partial charge on any atom is 0.313 e. The van der Waals surface area contributed by atoms with E-state index in [-0.39, 0.29) is 13.2 Å². The number of carbonyl (C=O) groups excluding carboxylic acids is 2. The van der Waals surface area contributed by atoms with Crippen LogP contribution in [0.4, 0.5) is 5.69 Å². The summed E-state index contributed by atoms with van der Waals surface area (Å²) in [5, 5.41) is 5.32. The van der Waals surface area contributed by atoms with Crippen LogP contribution in [0.1, 0.15) is 25.0 Å². The number of carbonyl (C=O) groups is 2. The summed E-state index contributed by atoms with van der Waals surface area (Å²) in [6.07, 6.45) is 1.56. The lowest BCUT2D eigenvalue weighted by atomic mass is 10.0. The molecule has 2 aromatic rings. The van der Waals surface area contributed by atoms with Gasteiger partial charge in [-0.05, 0) is 48.2 Å². The van der Waals surface area contributed by atoms with Crippen molar-refractivity contribution in [3.63, 3.8) is 0 Å². The predicted octanol–water partition coefficient (Wildman–Crippen LogP) is 2.95. The monoisotopic (exact) mass is 370 g/mol. The van der Waals surface area contributed by atoms with Crippen molar-refractivity contribution in [1.29, 1.82) is 0 Å². The number of aryl methyl sites for hydroxylation is 2. The number of hydrogen-bond acceptors (Lipinski definition) is 4. The molecule has 0 saturated heterocycles. The number of amides is 2. The number of ether oxygens (including phenoxy) is 2. The normalized spacial score (nSPS) is 10.2. The molecule has 0 aliphatic rings. The third-order valence-corrected chi connectivity index (χ3v) is 4.16. The summed E-state index contributed by atoms with van der Waals surface area (Å²) < 4.78 is 10.6. The first-order chi connectivity index (χ1) is 13.1. The van der Waals surface area contributed by atoms with E-state index in [9.17, 15) is 9.59 Å². The number of anilines is 1. The van der Waals surface area contributed by atoms with Gasteiger partial charge in [-0.1, -0.05) is 32.0 Å². The zero-order valence-corrected chi connectivity index (χ0v) is 16.0. The van der Waals surface area contributed by atoms with Crippen molar-refractivity contribution < 1.29 is 19.1 Å². The van der Waals surface area contributed by atoms with E-state index in [0.29, 0.717) is 5.75 Å². The molecule has 2 rings (SSSR count). The first kappa shape index (κ1) is 20.3. The summed E-state index contributed by atoms with van der Waals surface area (Å²) in [5.74, 6) is 0.0569. The Morgan fingerprint density at radius 2 is 1.48 bits per heavy atom. The molecule has 6 heteroatoms. The first-order valence-electron chi connectivity index (χ1n) is 9.05. The molecule has 0 aromatic heterocycles. The first-order valence-corrected chi connectivity index (χ1v) is 9.05. The molecule has 6 nitrogen and oxygen atoms in total. The number of methoxy groups -OCH3 is 1. The number of rotatable bonds is 8. The van der Waals surface area contributed by atoms with Crippen LogP contribution in [0, 0.1) is 0 Å². The van der Waals surface area contributed by atoms with Gasteiger partial charge >= 0.3 is 11.8 Å². The van der Waals surface area contributed by atoms with Crippen molar-refractivity contribution >= 4 is 17.5 Å². The van der Waals surface area contributed by atoms with Crippen molar-refractivity contribution in [2.45, 2.75) is 26.7 Å². The van der Waals surface area contributed by atoms with Gasteiger partial charge in [0.15, 0.2) is 0 Å². The van der Waals surface area contributed by atoms with Gasteiger partial charge < -0.3 is 20.1 Å². The molecule has 0 atom stereocenters. The van der Waals surface area contributed by atoms with Crippen LogP contribution in [-0.4, -0.2) is 32.1 Å². The molecule has 0 radical (unpaired) electrons. The second-order valence-electron chi connectivity index (χ2n) is 5.89. The van der Waals surface area contributed by atoms with Gasteiger partial charge in [-0.3, -0.25) is 9.59 Å². The lowest BCUT2D eigenvalue weighted by Gasteiger charge is -2.14. The largest absolute Gasteiger partial charge is 0.497 e. The zero-order valence-electron chi connectivity index (χ0n) is 16.0. The van der Waals surface area contributed by atoms with E-state index in [2.05, 4.69) is 10.6 Å². The summed E-state index contributed by atoms with van der Waals surface area (Å²) in [6, 6.07) is 13.0. The highest BCUT2D eigenvalue weighted by molar-refractivity contribution is 6.39. The Balaban J connectivity index is 1.83. The second-order valence-corrected chi connectivity index (χ2v) is 5.89. The van der Waals surface area contributed by atoms with Gasteiger partial charge in [0.1, 0.15) is 18.1 Å². The van der Waals surface area contributed by atoms with Gasteiger partial charge in [0.25, 0.3) is 0 Å². The Hall–Kier alpha value is -3.02. The predicted molar refractivity (Wildman–Crippen MR) is 105 cm³/mol. The zero-order chi connectivity index (χ0) is 19.6. The highest BCUT2D eigenvalue weighted by Crippen LogP contribution is 2.22. The number of para-hydroxylation sites is 1. The molecule has 27 heavy (non-hydrogen) atoms. The van der Waals surface area contributed by atoms with Crippen molar-refractivity contribution in [2.75, 3.05) is 25.6 Å². The summed E-state index contributed by atoms with van der Waals surface area (Å²) in [6.45, 7) is 4.52. The van der Waals surface area contributed by atoms with Crippen LogP contribution in [-0.2, 0) is 22.4 Å². The van der Waals surface area contributed by atoms with E-state index in [1.807, 2.05) is 32.0 Å². The van der Waals surface area contributed by atoms with Gasteiger partial charge in [-0.25, -0.2) is 0 Å². The van der Waals surface area contributed by atoms with Gasteiger partial charge in [-0.2, -0.15) is 0 Å². The lowest BCUT2D eigenvalue weighted by Crippen LogP contribution is -2.37. The molecular weight excluding hydrogens is 344 g/mol. The smallest absolute Gasteiger partial charge is 0.313 e. The summed E-state index contributed by atoms with van der Waals surface area (Å²) in [5.41, 5.74) is 2.76. The van der Waals surface area contributed by atoms with E-state index < -0.39 is 11.8 Å². The van der Waals surface area contributed by atoms with Crippen LogP contribution in [0.3, 0.4) is 0 Å². The molecule has 2 amide bonds. The van der Waals surface area contributed by atoms with Crippen molar-refractivity contribution in [1.82, 2.24) is 5.32 Å². The molecular formula is C21H26N2O4. The van der Waals surface area contributed by atoms with Crippen LogP contribution in [0.5, 0.6) is 11.5 Å². The topological polar surface area (TPSA) is 76.7 Å². The maximum atomic E-state index is 12.2. The van der Waals surface area contributed by atoms with Crippen molar-refractivity contribution in [3.8, 4) is 11.5 Å². The van der Waals surface area contributed by atoms with Gasteiger partial charge in [0, 0.05) is 5.69 Å². The highest BCUT2D eigenvalue weighted by atomic mass is 16.5. The Bertz CT molecular complexity index is 750. The molecule has 0 spiro atoms. The van der Waals surface area contributed by atoms with E-state index >= 15 is 0 Å². The third-order valence-electron chi connectivity index (χ3n) is 4.16. The molecule has 0 fully saturated rings. The average molecular weight is 370 g/mol. The fourth-order valence-corrected chi connectivity index (χ4v) is 2.66. The van der Waals surface area contributed by atoms with E-state index in [1.165, 1.54) is 0 Å². The standard InChI is InChI=1S/C21H26N2O4/c1-4-15-7-6-8-16(5-2)19(15)23-21(25)20(24)22-13-14-27-18-11-9-17(26-3)10-12-18/h6-12H,4-5,13-14H2,1-3H3,(H,22,24)(H,23,25). The fraction of sp³-hybridized carbons (Fsp3) is 0.333. The van der Waals surface area contributed by atoms with Crippen LogP contribution < -0.4 is 20.1 Å². The van der Waals surface area contributed by atoms with Crippen molar-refractivity contribution in [2.24, 2.45) is 0 Å². The molecule has 0 bridgehead atoms. The fourth-order valence-electron chi connectivity index (χ4n) is 2.66. The van der Waals surface area contributed by atoms with E-state index in [0.717, 1.165) is 35.4 Å². The molecule has 0 heterocycles. The summed E-state index contributed by atoms with van der Waals surface area (Å²) in [4.78, 5) is 24.3. The minimum absolute atomic E-state index is 0.230. The highest BCUT2D eigenvalue weighted by Gasteiger charge is 2.16. The lowest BCUT2D eigenvalue weighted by molar-refractivity contribution is -0.136.